The minimum absolute atomic E-state index is 0.0369. The van der Waals surface area contributed by atoms with Crippen LogP contribution < -0.4 is 4.72 Å². The van der Waals surface area contributed by atoms with Crippen molar-refractivity contribution in [3.8, 4) is 0 Å². The lowest BCUT2D eigenvalue weighted by Crippen LogP contribution is -2.43. The van der Waals surface area contributed by atoms with Gasteiger partial charge in [-0.15, -0.1) is 0 Å². The van der Waals surface area contributed by atoms with Crippen molar-refractivity contribution in [2.24, 2.45) is 0 Å². The lowest BCUT2D eigenvalue weighted by Gasteiger charge is -2.30. The molecule has 1 saturated carbocycles. The Balaban J connectivity index is 1.61. The van der Waals surface area contributed by atoms with Crippen LogP contribution >= 0.6 is 0 Å². The molecule has 1 fully saturated rings. The van der Waals surface area contributed by atoms with Crippen molar-refractivity contribution >= 4 is 15.9 Å². The zero-order valence-corrected chi connectivity index (χ0v) is 17.2. The van der Waals surface area contributed by atoms with Crippen LogP contribution in [-0.4, -0.2) is 38.4 Å². The van der Waals surface area contributed by atoms with Crippen LogP contribution in [-0.2, 0) is 27.7 Å². The Hall–Kier alpha value is -1.40. The van der Waals surface area contributed by atoms with Gasteiger partial charge in [0.25, 0.3) is 0 Å². The summed E-state index contributed by atoms with van der Waals surface area (Å²) in [6.45, 7) is 2.28. The lowest BCUT2D eigenvalue weighted by molar-refractivity contribution is -0.131. The summed E-state index contributed by atoms with van der Waals surface area (Å²) in [4.78, 5) is 14.3. The van der Waals surface area contributed by atoms with Gasteiger partial charge in [0.05, 0.1) is 4.90 Å². The van der Waals surface area contributed by atoms with Gasteiger partial charge in [-0.1, -0.05) is 31.7 Å². The summed E-state index contributed by atoms with van der Waals surface area (Å²) < 4.78 is 28.1. The molecule has 150 valence electrons. The first-order valence-corrected chi connectivity index (χ1v) is 11.8. The van der Waals surface area contributed by atoms with Crippen molar-refractivity contribution in [3.05, 3.63) is 29.3 Å². The molecule has 0 unspecified atom stereocenters. The van der Waals surface area contributed by atoms with E-state index in [9.17, 15) is 13.2 Å². The maximum atomic E-state index is 12.7. The summed E-state index contributed by atoms with van der Waals surface area (Å²) in [7, 11) is -3.54. The predicted octanol–water partition coefficient (Wildman–Crippen LogP) is 3.42. The van der Waals surface area contributed by atoms with Crippen molar-refractivity contribution in [3.63, 3.8) is 0 Å². The molecule has 0 radical (unpaired) electrons. The molecule has 0 heterocycles. The first-order valence-electron chi connectivity index (χ1n) is 10.4. The van der Waals surface area contributed by atoms with Crippen molar-refractivity contribution in [1.82, 2.24) is 9.62 Å². The Labute approximate surface area is 163 Å². The van der Waals surface area contributed by atoms with E-state index in [4.69, 9.17) is 0 Å². The average Bonchev–Trinajstić information content (AvgIpc) is 2.93. The normalized spacial score (nSPS) is 18.6. The average molecular weight is 393 g/mol. The summed E-state index contributed by atoms with van der Waals surface area (Å²) >= 11 is 0. The molecule has 6 heteroatoms. The minimum atomic E-state index is -3.54. The highest BCUT2D eigenvalue weighted by molar-refractivity contribution is 7.89. The Morgan fingerprint density at radius 2 is 1.70 bits per heavy atom. The molecule has 0 saturated heterocycles. The summed E-state index contributed by atoms with van der Waals surface area (Å²) in [5, 5.41) is 0. The SMILES string of the molecule is CC(=O)N(CCNS(=O)(=O)c1ccc2c(c1)CCCC2)C1CCCCCC1. The van der Waals surface area contributed by atoms with Crippen LogP contribution in [0.5, 0.6) is 0 Å². The van der Waals surface area contributed by atoms with E-state index in [0.717, 1.165) is 50.5 Å². The maximum Gasteiger partial charge on any atom is 0.240 e. The van der Waals surface area contributed by atoms with E-state index >= 15 is 0 Å². The van der Waals surface area contributed by atoms with Gasteiger partial charge in [-0.3, -0.25) is 4.79 Å². The molecule has 1 aromatic carbocycles. The maximum absolute atomic E-state index is 12.7. The van der Waals surface area contributed by atoms with E-state index in [-0.39, 0.29) is 18.5 Å². The topological polar surface area (TPSA) is 66.5 Å². The summed E-state index contributed by atoms with van der Waals surface area (Å²) in [6.07, 6.45) is 11.1. The van der Waals surface area contributed by atoms with Gasteiger partial charge in [0.2, 0.25) is 15.9 Å². The second kappa shape index (κ2) is 9.20. The monoisotopic (exact) mass is 392 g/mol. The van der Waals surface area contributed by atoms with Crippen LogP contribution in [0.3, 0.4) is 0 Å². The van der Waals surface area contributed by atoms with Gasteiger partial charge in [0.15, 0.2) is 0 Å². The lowest BCUT2D eigenvalue weighted by atomic mass is 9.92. The molecule has 1 amide bonds. The van der Waals surface area contributed by atoms with Crippen LogP contribution in [0.4, 0.5) is 0 Å². The number of sulfonamides is 1. The number of carbonyl (C=O) groups excluding carboxylic acids is 1. The zero-order chi connectivity index (χ0) is 19.3. The van der Waals surface area contributed by atoms with E-state index in [1.54, 1.807) is 13.0 Å². The number of amides is 1. The second-order valence-corrected chi connectivity index (χ2v) is 9.66. The summed E-state index contributed by atoms with van der Waals surface area (Å²) in [5.41, 5.74) is 2.43. The minimum Gasteiger partial charge on any atom is -0.339 e. The van der Waals surface area contributed by atoms with Crippen LogP contribution in [0, 0.1) is 0 Å². The highest BCUT2D eigenvalue weighted by Gasteiger charge is 2.23. The number of rotatable bonds is 6. The van der Waals surface area contributed by atoms with Gasteiger partial charge in [-0.05, 0) is 61.8 Å². The van der Waals surface area contributed by atoms with Gasteiger partial charge in [0.1, 0.15) is 0 Å². The Bertz CT molecular complexity index is 753. The highest BCUT2D eigenvalue weighted by Crippen LogP contribution is 2.24. The largest absolute Gasteiger partial charge is 0.339 e. The first kappa shape index (κ1) is 20.3. The zero-order valence-electron chi connectivity index (χ0n) is 16.4. The third kappa shape index (κ3) is 5.32. The van der Waals surface area contributed by atoms with E-state index in [0.29, 0.717) is 11.4 Å². The summed E-state index contributed by atoms with van der Waals surface area (Å²) in [5.74, 6) is 0.0369. The molecule has 0 atom stereocenters. The highest BCUT2D eigenvalue weighted by atomic mass is 32.2. The van der Waals surface area contributed by atoms with Gasteiger partial charge >= 0.3 is 0 Å². The molecule has 5 nitrogen and oxygen atoms in total. The summed E-state index contributed by atoms with van der Waals surface area (Å²) in [6, 6.07) is 5.74. The fourth-order valence-corrected chi connectivity index (χ4v) is 5.50. The first-order chi connectivity index (χ1) is 13.0. The van der Waals surface area contributed by atoms with E-state index in [2.05, 4.69) is 4.72 Å². The van der Waals surface area contributed by atoms with Crippen LogP contribution in [0.15, 0.2) is 23.1 Å². The fourth-order valence-electron chi connectivity index (χ4n) is 4.43. The standard InChI is InChI=1S/C21H32N2O3S/c1-17(24)23(20-10-4-2-3-5-11-20)15-14-22-27(25,26)21-13-12-18-8-6-7-9-19(18)16-21/h12-13,16,20,22H,2-11,14-15H2,1H3. The predicted molar refractivity (Wildman–Crippen MR) is 107 cm³/mol. The number of nitrogens with one attached hydrogen (secondary N) is 1. The molecule has 0 aromatic heterocycles. The van der Waals surface area contributed by atoms with Gasteiger partial charge in [-0.2, -0.15) is 0 Å². The molecule has 1 aromatic rings. The third-order valence-corrected chi connectivity index (χ3v) is 7.40. The van der Waals surface area contributed by atoms with Gasteiger partial charge in [0, 0.05) is 26.1 Å². The fraction of sp³-hybridized carbons (Fsp3) is 0.667. The molecule has 0 spiro atoms. The molecule has 27 heavy (non-hydrogen) atoms. The van der Waals surface area contributed by atoms with Crippen molar-refractivity contribution in [1.29, 1.82) is 0 Å². The molecule has 0 bridgehead atoms. The van der Waals surface area contributed by atoms with E-state index < -0.39 is 10.0 Å². The number of fused-ring (bicyclic) bond motifs is 1. The van der Waals surface area contributed by atoms with E-state index in [1.807, 2.05) is 17.0 Å². The number of aryl methyl sites for hydroxylation is 2. The molecule has 2 aliphatic carbocycles. The van der Waals surface area contributed by atoms with Crippen LogP contribution in [0.2, 0.25) is 0 Å². The third-order valence-electron chi connectivity index (χ3n) is 5.94. The Morgan fingerprint density at radius 1 is 1.04 bits per heavy atom. The molecule has 1 N–H and O–H groups in total. The molecule has 3 rings (SSSR count). The quantitative estimate of drug-likeness (QED) is 0.755. The molecular weight excluding hydrogens is 360 g/mol. The smallest absolute Gasteiger partial charge is 0.240 e. The molecular formula is C21H32N2O3S. The van der Waals surface area contributed by atoms with Gasteiger partial charge < -0.3 is 4.90 Å². The number of hydrogen-bond acceptors (Lipinski definition) is 3. The second-order valence-electron chi connectivity index (χ2n) is 7.89. The van der Waals surface area contributed by atoms with Gasteiger partial charge in [-0.25, -0.2) is 13.1 Å². The number of carbonyl (C=O) groups is 1. The Kier molecular flexibility index (Phi) is 6.93. The molecule has 2 aliphatic rings. The number of hydrogen-bond donors (Lipinski definition) is 1. The number of nitrogens with zero attached hydrogens (tertiary/aromatic N) is 1. The van der Waals surface area contributed by atoms with Crippen molar-refractivity contribution in [2.45, 2.75) is 82.1 Å². The van der Waals surface area contributed by atoms with E-state index in [1.165, 1.54) is 24.8 Å². The van der Waals surface area contributed by atoms with Crippen molar-refractivity contribution in [2.75, 3.05) is 13.1 Å². The Morgan fingerprint density at radius 3 is 2.37 bits per heavy atom. The van der Waals surface area contributed by atoms with Crippen LogP contribution in [0.25, 0.3) is 0 Å². The molecule has 0 aliphatic heterocycles. The number of benzene rings is 1. The van der Waals surface area contributed by atoms with Crippen LogP contribution in [0.1, 0.15) is 69.4 Å². The van der Waals surface area contributed by atoms with Crippen molar-refractivity contribution < 1.29 is 13.2 Å².